The SMILES string of the molecule is Cc1c(-c2cccc(Cc3ccccc3)c2)ccnc1OC(=O)O. The Bertz CT molecular complexity index is 860. The zero-order valence-electron chi connectivity index (χ0n) is 13.3. The van der Waals surface area contributed by atoms with Crippen LogP contribution in [0.2, 0.25) is 0 Å². The highest BCUT2D eigenvalue weighted by Gasteiger charge is 2.11. The Kier molecular flexibility index (Phi) is 4.57. The molecule has 0 atom stereocenters. The van der Waals surface area contributed by atoms with E-state index in [0.29, 0.717) is 5.56 Å². The highest BCUT2D eigenvalue weighted by Crippen LogP contribution is 2.29. The van der Waals surface area contributed by atoms with Gasteiger partial charge in [0.2, 0.25) is 5.88 Å². The Morgan fingerprint density at radius 3 is 2.54 bits per heavy atom. The molecule has 0 spiro atoms. The number of ether oxygens (including phenoxy) is 1. The summed E-state index contributed by atoms with van der Waals surface area (Å²) in [5.74, 6) is 0.119. The summed E-state index contributed by atoms with van der Waals surface area (Å²) in [4.78, 5) is 14.8. The molecule has 4 heteroatoms. The molecule has 0 fully saturated rings. The second-order valence-corrected chi connectivity index (χ2v) is 5.52. The minimum absolute atomic E-state index is 0.119. The van der Waals surface area contributed by atoms with Crippen LogP contribution < -0.4 is 4.74 Å². The van der Waals surface area contributed by atoms with E-state index < -0.39 is 6.16 Å². The van der Waals surface area contributed by atoms with E-state index in [1.165, 1.54) is 11.1 Å². The second-order valence-electron chi connectivity index (χ2n) is 5.52. The number of carboxylic acid groups (broad SMARTS) is 1. The summed E-state index contributed by atoms with van der Waals surface area (Å²) in [6.45, 7) is 1.81. The molecule has 1 aromatic heterocycles. The first-order chi connectivity index (χ1) is 11.6. The average molecular weight is 319 g/mol. The molecule has 2 aromatic carbocycles. The van der Waals surface area contributed by atoms with Gasteiger partial charge >= 0.3 is 6.16 Å². The normalized spacial score (nSPS) is 10.4. The minimum atomic E-state index is -1.36. The van der Waals surface area contributed by atoms with Gasteiger partial charge in [-0.15, -0.1) is 0 Å². The first kappa shape index (κ1) is 15.7. The maximum Gasteiger partial charge on any atom is 0.512 e. The van der Waals surface area contributed by atoms with E-state index in [1.807, 2.05) is 43.3 Å². The second kappa shape index (κ2) is 6.96. The van der Waals surface area contributed by atoms with Crippen LogP contribution in [0.5, 0.6) is 5.88 Å². The van der Waals surface area contributed by atoms with Gasteiger partial charge in [-0.2, -0.15) is 0 Å². The van der Waals surface area contributed by atoms with Crippen molar-refractivity contribution in [3.63, 3.8) is 0 Å². The van der Waals surface area contributed by atoms with Crippen LogP contribution in [0.15, 0.2) is 66.9 Å². The topological polar surface area (TPSA) is 59.4 Å². The lowest BCUT2D eigenvalue weighted by atomic mass is 9.97. The van der Waals surface area contributed by atoms with Crippen molar-refractivity contribution in [1.29, 1.82) is 0 Å². The maximum atomic E-state index is 10.8. The molecule has 120 valence electrons. The number of aromatic nitrogens is 1. The largest absolute Gasteiger partial charge is 0.512 e. The fourth-order valence-corrected chi connectivity index (χ4v) is 2.70. The number of rotatable bonds is 4. The van der Waals surface area contributed by atoms with Crippen LogP contribution in [0.4, 0.5) is 4.79 Å². The summed E-state index contributed by atoms with van der Waals surface area (Å²) < 4.78 is 4.74. The molecule has 0 saturated heterocycles. The number of hydrogen-bond acceptors (Lipinski definition) is 3. The lowest BCUT2D eigenvalue weighted by Crippen LogP contribution is -2.06. The molecule has 3 aromatic rings. The van der Waals surface area contributed by atoms with Crippen LogP contribution in [0.25, 0.3) is 11.1 Å². The monoisotopic (exact) mass is 319 g/mol. The molecular formula is C20H17NO3. The van der Waals surface area contributed by atoms with E-state index in [-0.39, 0.29) is 5.88 Å². The molecule has 0 aliphatic rings. The van der Waals surface area contributed by atoms with Crippen LogP contribution in [0.1, 0.15) is 16.7 Å². The van der Waals surface area contributed by atoms with E-state index >= 15 is 0 Å². The Hall–Kier alpha value is -3.14. The third-order valence-electron chi connectivity index (χ3n) is 3.83. The first-order valence-electron chi connectivity index (χ1n) is 7.63. The van der Waals surface area contributed by atoms with Crippen LogP contribution >= 0.6 is 0 Å². The zero-order valence-corrected chi connectivity index (χ0v) is 13.3. The Morgan fingerprint density at radius 2 is 1.79 bits per heavy atom. The third kappa shape index (κ3) is 3.60. The maximum absolute atomic E-state index is 10.8. The van der Waals surface area contributed by atoms with Crippen molar-refractivity contribution >= 4 is 6.16 Å². The van der Waals surface area contributed by atoms with Crippen molar-refractivity contribution in [1.82, 2.24) is 4.98 Å². The quantitative estimate of drug-likeness (QED) is 0.708. The Labute approximate surface area is 140 Å². The summed E-state index contributed by atoms with van der Waals surface area (Å²) in [7, 11) is 0. The van der Waals surface area contributed by atoms with Gasteiger partial charge in [0.1, 0.15) is 0 Å². The molecule has 0 amide bonds. The molecule has 1 heterocycles. The molecular weight excluding hydrogens is 302 g/mol. The summed E-state index contributed by atoms with van der Waals surface area (Å²) in [5.41, 5.74) is 5.07. The number of carbonyl (C=O) groups is 1. The summed E-state index contributed by atoms with van der Waals surface area (Å²) in [6, 6.07) is 20.3. The molecule has 0 aliphatic carbocycles. The summed E-state index contributed by atoms with van der Waals surface area (Å²) in [5, 5.41) is 8.80. The van der Waals surface area contributed by atoms with E-state index in [2.05, 4.69) is 29.2 Å². The standard InChI is InChI=1S/C20H17NO3/c1-14-18(10-11-21-19(14)24-20(22)23)17-9-5-8-16(13-17)12-15-6-3-2-4-7-15/h2-11,13H,12H2,1H3,(H,22,23). The van der Waals surface area contributed by atoms with Gasteiger partial charge in [0.05, 0.1) is 0 Å². The number of nitrogens with zero attached hydrogens (tertiary/aromatic N) is 1. The Morgan fingerprint density at radius 1 is 1.04 bits per heavy atom. The highest BCUT2D eigenvalue weighted by atomic mass is 16.7. The minimum Gasteiger partial charge on any atom is -0.449 e. The van der Waals surface area contributed by atoms with Crippen LogP contribution in [-0.4, -0.2) is 16.2 Å². The van der Waals surface area contributed by atoms with E-state index in [4.69, 9.17) is 9.84 Å². The van der Waals surface area contributed by atoms with Gasteiger partial charge in [-0.05, 0) is 41.7 Å². The molecule has 0 saturated carbocycles. The van der Waals surface area contributed by atoms with Crippen molar-refractivity contribution in [2.24, 2.45) is 0 Å². The van der Waals surface area contributed by atoms with Gasteiger partial charge in [-0.1, -0.05) is 54.6 Å². The molecule has 1 N–H and O–H groups in total. The van der Waals surface area contributed by atoms with Gasteiger partial charge < -0.3 is 9.84 Å². The van der Waals surface area contributed by atoms with Gasteiger partial charge in [-0.25, -0.2) is 9.78 Å². The number of pyridine rings is 1. The molecule has 3 rings (SSSR count). The number of benzene rings is 2. The van der Waals surface area contributed by atoms with Crippen LogP contribution in [0.3, 0.4) is 0 Å². The lowest BCUT2D eigenvalue weighted by Gasteiger charge is -2.11. The summed E-state index contributed by atoms with van der Waals surface area (Å²) in [6.07, 6.45) is 1.04. The smallest absolute Gasteiger partial charge is 0.449 e. The van der Waals surface area contributed by atoms with E-state index in [0.717, 1.165) is 17.5 Å². The highest BCUT2D eigenvalue weighted by molar-refractivity contribution is 5.71. The Balaban J connectivity index is 1.93. The fraction of sp³-hybridized carbons (Fsp3) is 0.100. The third-order valence-corrected chi connectivity index (χ3v) is 3.83. The predicted octanol–water partition coefficient (Wildman–Crippen LogP) is 4.70. The molecule has 0 unspecified atom stereocenters. The fourth-order valence-electron chi connectivity index (χ4n) is 2.70. The lowest BCUT2D eigenvalue weighted by molar-refractivity contribution is 0.142. The van der Waals surface area contributed by atoms with Gasteiger partial charge in [0, 0.05) is 11.8 Å². The predicted molar refractivity (Wildman–Crippen MR) is 92.3 cm³/mol. The summed E-state index contributed by atoms with van der Waals surface area (Å²) >= 11 is 0. The molecule has 24 heavy (non-hydrogen) atoms. The number of hydrogen-bond donors (Lipinski definition) is 1. The van der Waals surface area contributed by atoms with Gasteiger partial charge in [0.25, 0.3) is 0 Å². The van der Waals surface area contributed by atoms with Gasteiger partial charge in [-0.3, -0.25) is 0 Å². The van der Waals surface area contributed by atoms with Crippen molar-refractivity contribution in [2.75, 3.05) is 0 Å². The average Bonchev–Trinajstić information content (AvgIpc) is 2.57. The zero-order chi connectivity index (χ0) is 16.9. The van der Waals surface area contributed by atoms with E-state index in [9.17, 15) is 4.79 Å². The van der Waals surface area contributed by atoms with E-state index in [1.54, 1.807) is 6.20 Å². The van der Waals surface area contributed by atoms with Gasteiger partial charge in [0.15, 0.2) is 0 Å². The van der Waals surface area contributed by atoms with Crippen molar-refractivity contribution in [3.8, 4) is 17.0 Å². The molecule has 0 radical (unpaired) electrons. The molecule has 0 aliphatic heterocycles. The van der Waals surface area contributed by atoms with Crippen LogP contribution in [0, 0.1) is 6.92 Å². The van der Waals surface area contributed by atoms with Crippen molar-refractivity contribution < 1.29 is 14.6 Å². The van der Waals surface area contributed by atoms with Crippen molar-refractivity contribution in [3.05, 3.63) is 83.6 Å². The van der Waals surface area contributed by atoms with Crippen LogP contribution in [-0.2, 0) is 6.42 Å². The van der Waals surface area contributed by atoms with Crippen molar-refractivity contribution in [2.45, 2.75) is 13.3 Å². The first-order valence-corrected chi connectivity index (χ1v) is 7.63. The molecule has 0 bridgehead atoms. The molecule has 4 nitrogen and oxygen atoms in total.